The summed E-state index contributed by atoms with van der Waals surface area (Å²) in [6, 6.07) is 16.1. The van der Waals surface area contributed by atoms with Gasteiger partial charge >= 0.3 is 23.9 Å². The molecule has 44 heavy (non-hydrogen) atoms. The Balaban J connectivity index is 2.12. The predicted octanol–water partition coefficient (Wildman–Crippen LogP) is 6.68. The Labute approximate surface area is 255 Å². The van der Waals surface area contributed by atoms with Crippen molar-refractivity contribution >= 4 is 23.9 Å². The third kappa shape index (κ3) is 8.54. The minimum atomic E-state index is -0.761. The molecule has 0 bridgehead atoms. The Kier molecular flexibility index (Phi) is 10.6. The molecule has 0 saturated carbocycles. The van der Waals surface area contributed by atoms with Gasteiger partial charge in [-0.25, -0.2) is 19.2 Å². The zero-order valence-corrected chi connectivity index (χ0v) is 24.9. The molecule has 222 valence electrons. The van der Waals surface area contributed by atoms with Crippen LogP contribution in [-0.4, -0.2) is 23.9 Å². The molecule has 0 N–H and O–H groups in total. The molecule has 0 aliphatic carbocycles. The molecule has 0 saturated heterocycles. The first kappa shape index (κ1) is 32.6. The third-order valence-electron chi connectivity index (χ3n) is 5.68. The van der Waals surface area contributed by atoms with Gasteiger partial charge in [0.05, 0.1) is 5.56 Å². The summed E-state index contributed by atoms with van der Waals surface area (Å²) in [5, 5.41) is 0. The molecule has 8 heteroatoms. The number of benzene rings is 3. The van der Waals surface area contributed by atoms with E-state index >= 15 is 0 Å². The van der Waals surface area contributed by atoms with Crippen molar-refractivity contribution in [3.05, 3.63) is 120 Å². The minimum absolute atomic E-state index is 0.0758. The van der Waals surface area contributed by atoms with Crippen molar-refractivity contribution in [3.63, 3.8) is 0 Å². The number of carbonyl (C=O) groups excluding carboxylic acids is 4. The van der Waals surface area contributed by atoms with E-state index < -0.39 is 23.9 Å². The van der Waals surface area contributed by atoms with Gasteiger partial charge < -0.3 is 18.9 Å². The van der Waals surface area contributed by atoms with Crippen molar-refractivity contribution in [2.45, 2.75) is 27.7 Å². The SMILES string of the molecule is C=C(C)C(=O)Oc1ccc(C#Cc2ccc(-c3ccc(OC(=O)C(=C)C)cc3)c(OC(=O)C(=C)C)c2OC(=O)C(=C)C)cc1. The lowest BCUT2D eigenvalue weighted by Gasteiger charge is -2.17. The van der Waals surface area contributed by atoms with E-state index in [4.69, 9.17) is 18.9 Å². The fraction of sp³-hybridized carbons (Fsp3) is 0.111. The lowest BCUT2D eigenvalue weighted by molar-refractivity contribution is -0.132. The molecule has 0 heterocycles. The summed E-state index contributed by atoms with van der Waals surface area (Å²) >= 11 is 0. The van der Waals surface area contributed by atoms with Crippen LogP contribution in [0.1, 0.15) is 38.8 Å². The highest BCUT2D eigenvalue weighted by molar-refractivity contribution is 5.94. The maximum Gasteiger partial charge on any atom is 0.338 e. The number of hydrogen-bond acceptors (Lipinski definition) is 8. The predicted molar refractivity (Wildman–Crippen MR) is 166 cm³/mol. The largest absolute Gasteiger partial charge is 0.423 e. The molecule has 3 rings (SSSR count). The highest BCUT2D eigenvalue weighted by Gasteiger charge is 2.23. The van der Waals surface area contributed by atoms with Gasteiger partial charge in [-0.05, 0) is 81.8 Å². The maximum absolute atomic E-state index is 12.7. The number of esters is 4. The second-order valence-corrected chi connectivity index (χ2v) is 9.80. The number of carbonyl (C=O) groups is 4. The zero-order chi connectivity index (χ0) is 32.6. The molecular formula is C36H30O8. The quantitative estimate of drug-likeness (QED) is 0.118. The van der Waals surface area contributed by atoms with E-state index in [1.807, 2.05) is 0 Å². The molecule has 0 aromatic heterocycles. The van der Waals surface area contributed by atoms with Crippen molar-refractivity contribution in [1.29, 1.82) is 0 Å². The fourth-order valence-corrected chi connectivity index (χ4v) is 3.29. The molecule has 0 spiro atoms. The Bertz CT molecular complexity index is 1760. The van der Waals surface area contributed by atoms with Crippen molar-refractivity contribution in [1.82, 2.24) is 0 Å². The summed E-state index contributed by atoms with van der Waals surface area (Å²) < 4.78 is 21.8. The van der Waals surface area contributed by atoms with Crippen LogP contribution in [0.15, 0.2) is 109 Å². The standard InChI is InChI=1S/C36H30O8/c1-21(2)33(37)41-28-16-10-25(11-17-28)9-12-27-15-20-30(26-13-18-29(19-14-26)42-34(38)22(3)4)32(44-36(40)24(7)8)31(27)43-35(39)23(5)6/h10-11,13-20H,1,3,5,7H2,2,4,6,8H3. The van der Waals surface area contributed by atoms with E-state index in [0.717, 1.165) is 0 Å². The van der Waals surface area contributed by atoms with Gasteiger partial charge in [-0.15, -0.1) is 0 Å². The molecule has 0 atom stereocenters. The van der Waals surface area contributed by atoms with Gasteiger partial charge in [-0.1, -0.05) is 50.3 Å². The molecule has 3 aromatic carbocycles. The molecule has 0 radical (unpaired) electrons. The summed E-state index contributed by atoms with van der Waals surface area (Å²) in [4.78, 5) is 49.1. The van der Waals surface area contributed by atoms with Gasteiger partial charge in [0.15, 0.2) is 11.5 Å². The Hall–Kier alpha value is -5.94. The van der Waals surface area contributed by atoms with E-state index in [0.29, 0.717) is 22.4 Å². The maximum atomic E-state index is 12.7. The second kappa shape index (κ2) is 14.3. The second-order valence-electron chi connectivity index (χ2n) is 9.80. The Morgan fingerprint density at radius 3 is 1.36 bits per heavy atom. The van der Waals surface area contributed by atoms with Crippen LogP contribution >= 0.6 is 0 Å². The molecule has 0 amide bonds. The summed E-state index contributed by atoms with van der Waals surface area (Å²) in [7, 11) is 0. The van der Waals surface area contributed by atoms with E-state index in [-0.39, 0.29) is 45.1 Å². The number of hydrogen-bond donors (Lipinski definition) is 0. The van der Waals surface area contributed by atoms with Gasteiger partial charge in [0, 0.05) is 33.4 Å². The van der Waals surface area contributed by atoms with Crippen LogP contribution in [-0.2, 0) is 19.2 Å². The van der Waals surface area contributed by atoms with Crippen LogP contribution in [0.3, 0.4) is 0 Å². The highest BCUT2D eigenvalue weighted by Crippen LogP contribution is 2.42. The normalized spacial score (nSPS) is 9.91. The molecule has 3 aromatic rings. The first-order chi connectivity index (χ1) is 20.8. The first-order valence-electron chi connectivity index (χ1n) is 13.2. The van der Waals surface area contributed by atoms with Gasteiger partial charge in [0.2, 0.25) is 0 Å². The van der Waals surface area contributed by atoms with Gasteiger partial charge in [0.1, 0.15) is 11.5 Å². The summed E-state index contributed by atoms with van der Waals surface area (Å²) in [5.41, 5.74) is 2.45. The van der Waals surface area contributed by atoms with Gasteiger partial charge in [-0.3, -0.25) is 0 Å². The molecule has 8 nitrogen and oxygen atoms in total. The monoisotopic (exact) mass is 590 g/mol. The topological polar surface area (TPSA) is 105 Å². The Morgan fingerprint density at radius 1 is 0.500 bits per heavy atom. The molecule has 0 aliphatic heterocycles. The van der Waals surface area contributed by atoms with Crippen LogP contribution in [0.2, 0.25) is 0 Å². The summed E-state index contributed by atoms with van der Waals surface area (Å²) in [6.07, 6.45) is 0. The van der Waals surface area contributed by atoms with Crippen LogP contribution in [0, 0.1) is 11.8 Å². The van der Waals surface area contributed by atoms with Gasteiger partial charge in [0.25, 0.3) is 0 Å². The van der Waals surface area contributed by atoms with Crippen LogP contribution in [0.5, 0.6) is 23.0 Å². The molecule has 0 aliphatic rings. The summed E-state index contributed by atoms with van der Waals surface area (Å²) in [6.45, 7) is 20.4. The first-order valence-corrected chi connectivity index (χ1v) is 13.2. The van der Waals surface area contributed by atoms with Crippen molar-refractivity contribution in [2.75, 3.05) is 0 Å². The minimum Gasteiger partial charge on any atom is -0.423 e. The average Bonchev–Trinajstić information content (AvgIpc) is 2.98. The molecular weight excluding hydrogens is 560 g/mol. The molecule has 0 fully saturated rings. The lowest BCUT2D eigenvalue weighted by Crippen LogP contribution is -2.14. The zero-order valence-electron chi connectivity index (χ0n) is 24.9. The third-order valence-corrected chi connectivity index (χ3v) is 5.68. The van der Waals surface area contributed by atoms with E-state index in [1.165, 1.54) is 20.8 Å². The van der Waals surface area contributed by atoms with Gasteiger partial charge in [-0.2, -0.15) is 0 Å². The highest BCUT2D eigenvalue weighted by atomic mass is 16.6. The van der Waals surface area contributed by atoms with Crippen LogP contribution in [0.25, 0.3) is 11.1 Å². The van der Waals surface area contributed by atoms with E-state index in [2.05, 4.69) is 38.2 Å². The van der Waals surface area contributed by atoms with Crippen molar-refractivity contribution in [2.24, 2.45) is 0 Å². The average molecular weight is 591 g/mol. The molecule has 0 unspecified atom stereocenters. The Morgan fingerprint density at radius 2 is 0.909 bits per heavy atom. The van der Waals surface area contributed by atoms with Crippen molar-refractivity contribution in [3.8, 4) is 46.0 Å². The van der Waals surface area contributed by atoms with Crippen LogP contribution < -0.4 is 18.9 Å². The lowest BCUT2D eigenvalue weighted by atomic mass is 10.0. The fourth-order valence-electron chi connectivity index (χ4n) is 3.29. The van der Waals surface area contributed by atoms with E-state index in [9.17, 15) is 19.2 Å². The summed E-state index contributed by atoms with van der Waals surface area (Å²) in [5.74, 6) is 3.70. The van der Waals surface area contributed by atoms with E-state index in [1.54, 1.807) is 67.6 Å². The number of ether oxygens (including phenoxy) is 4. The van der Waals surface area contributed by atoms with Crippen molar-refractivity contribution < 1.29 is 38.1 Å². The number of rotatable bonds is 9. The smallest absolute Gasteiger partial charge is 0.338 e. The van der Waals surface area contributed by atoms with Crippen LogP contribution in [0.4, 0.5) is 0 Å².